The van der Waals surface area contributed by atoms with Crippen LogP contribution in [0, 0.1) is 9.39 Å². The van der Waals surface area contributed by atoms with Gasteiger partial charge in [0, 0.05) is 22.2 Å². The first-order chi connectivity index (χ1) is 8.65. The molecule has 2 aliphatic rings. The van der Waals surface area contributed by atoms with Gasteiger partial charge < -0.3 is 10.2 Å². The SMILES string of the molecule is O=C1CC(Nc2ccc(F)cc2I)C2CCCN12. The first-order valence-corrected chi connectivity index (χ1v) is 7.24. The molecule has 0 saturated carbocycles. The van der Waals surface area contributed by atoms with E-state index in [0.717, 1.165) is 28.6 Å². The fraction of sp³-hybridized carbons (Fsp3) is 0.462. The number of halogens is 2. The number of anilines is 1. The average molecular weight is 360 g/mol. The van der Waals surface area contributed by atoms with E-state index in [1.807, 2.05) is 4.90 Å². The standard InChI is InChI=1S/C13H14FIN2O/c14-8-3-4-10(9(15)6-8)16-11-7-13(18)17-5-1-2-12(11)17/h3-4,6,11-12,16H,1-2,5,7H2. The van der Waals surface area contributed by atoms with Gasteiger partial charge in [-0.25, -0.2) is 4.39 Å². The zero-order valence-corrected chi connectivity index (χ0v) is 12.0. The highest BCUT2D eigenvalue weighted by Crippen LogP contribution is 2.32. The highest BCUT2D eigenvalue weighted by atomic mass is 127. The fourth-order valence-corrected chi connectivity index (χ4v) is 3.55. The molecule has 1 N–H and O–H groups in total. The maximum atomic E-state index is 13.0. The Kier molecular flexibility index (Phi) is 3.17. The lowest BCUT2D eigenvalue weighted by Gasteiger charge is -2.22. The normalized spacial score (nSPS) is 26.6. The third-order valence-electron chi connectivity index (χ3n) is 3.75. The summed E-state index contributed by atoms with van der Waals surface area (Å²) in [5.41, 5.74) is 0.920. The van der Waals surface area contributed by atoms with E-state index in [9.17, 15) is 9.18 Å². The molecule has 1 amide bonds. The Labute approximate surface area is 119 Å². The number of rotatable bonds is 2. The van der Waals surface area contributed by atoms with Gasteiger partial charge in [-0.1, -0.05) is 0 Å². The van der Waals surface area contributed by atoms with Gasteiger partial charge in [0.1, 0.15) is 5.82 Å². The summed E-state index contributed by atoms with van der Waals surface area (Å²) in [6.45, 7) is 0.891. The molecule has 3 nitrogen and oxygen atoms in total. The molecule has 2 atom stereocenters. The molecule has 2 saturated heterocycles. The second-order valence-electron chi connectivity index (χ2n) is 4.88. The van der Waals surface area contributed by atoms with Crippen molar-refractivity contribution in [1.82, 2.24) is 4.90 Å². The number of carbonyl (C=O) groups excluding carboxylic acids is 1. The van der Waals surface area contributed by atoms with Gasteiger partial charge in [-0.15, -0.1) is 0 Å². The predicted molar refractivity (Wildman–Crippen MR) is 75.9 cm³/mol. The van der Waals surface area contributed by atoms with Gasteiger partial charge in [0.05, 0.1) is 12.1 Å². The smallest absolute Gasteiger partial charge is 0.225 e. The average Bonchev–Trinajstić information content (AvgIpc) is 2.89. The third kappa shape index (κ3) is 2.08. The molecule has 0 bridgehead atoms. The Balaban J connectivity index is 1.78. The first-order valence-electron chi connectivity index (χ1n) is 6.16. The van der Waals surface area contributed by atoms with Gasteiger partial charge in [-0.3, -0.25) is 4.79 Å². The number of benzene rings is 1. The second-order valence-corrected chi connectivity index (χ2v) is 6.04. The Morgan fingerprint density at radius 1 is 1.44 bits per heavy atom. The molecular formula is C13H14FIN2O. The number of amides is 1. The maximum Gasteiger partial charge on any atom is 0.225 e. The van der Waals surface area contributed by atoms with Crippen LogP contribution in [0.25, 0.3) is 0 Å². The van der Waals surface area contributed by atoms with Gasteiger partial charge >= 0.3 is 0 Å². The number of hydrogen-bond donors (Lipinski definition) is 1. The van der Waals surface area contributed by atoms with E-state index in [1.54, 1.807) is 6.07 Å². The number of carbonyl (C=O) groups is 1. The molecule has 2 unspecified atom stereocenters. The summed E-state index contributed by atoms with van der Waals surface area (Å²) >= 11 is 2.12. The first kappa shape index (κ1) is 12.2. The van der Waals surface area contributed by atoms with Crippen LogP contribution >= 0.6 is 22.6 Å². The van der Waals surface area contributed by atoms with Crippen LogP contribution in [0.15, 0.2) is 18.2 Å². The van der Waals surface area contributed by atoms with Crippen LogP contribution < -0.4 is 5.32 Å². The summed E-state index contributed by atoms with van der Waals surface area (Å²) in [6, 6.07) is 5.19. The second kappa shape index (κ2) is 4.68. The summed E-state index contributed by atoms with van der Waals surface area (Å²) in [5.74, 6) is 0.0158. The molecule has 0 aliphatic carbocycles. The van der Waals surface area contributed by atoms with Gasteiger partial charge in [-0.2, -0.15) is 0 Å². The molecule has 1 aromatic carbocycles. The third-order valence-corrected chi connectivity index (χ3v) is 4.64. The molecule has 5 heteroatoms. The Bertz CT molecular complexity index is 494. The molecule has 0 radical (unpaired) electrons. The van der Waals surface area contributed by atoms with E-state index in [2.05, 4.69) is 27.9 Å². The van der Waals surface area contributed by atoms with E-state index in [1.165, 1.54) is 12.1 Å². The Morgan fingerprint density at radius 2 is 2.28 bits per heavy atom. The van der Waals surface area contributed by atoms with E-state index >= 15 is 0 Å². The number of nitrogens with one attached hydrogen (secondary N) is 1. The number of hydrogen-bond acceptors (Lipinski definition) is 2. The van der Waals surface area contributed by atoms with Gasteiger partial charge in [0.15, 0.2) is 0 Å². The van der Waals surface area contributed by atoms with Crippen molar-refractivity contribution in [2.24, 2.45) is 0 Å². The van der Waals surface area contributed by atoms with Crippen LogP contribution in [0.2, 0.25) is 0 Å². The van der Waals surface area contributed by atoms with Crippen molar-refractivity contribution < 1.29 is 9.18 Å². The van der Waals surface area contributed by atoms with Gasteiger partial charge in [0.25, 0.3) is 0 Å². The van der Waals surface area contributed by atoms with E-state index < -0.39 is 0 Å². The largest absolute Gasteiger partial charge is 0.379 e. The minimum atomic E-state index is -0.227. The molecule has 3 rings (SSSR count). The van der Waals surface area contributed by atoms with Crippen molar-refractivity contribution in [3.05, 3.63) is 27.6 Å². The van der Waals surface area contributed by atoms with Crippen molar-refractivity contribution >= 4 is 34.2 Å². The van der Waals surface area contributed by atoms with E-state index in [-0.39, 0.29) is 17.8 Å². The molecule has 2 heterocycles. The molecule has 0 aromatic heterocycles. The van der Waals surface area contributed by atoms with Crippen LogP contribution in [-0.2, 0) is 4.79 Å². The Hall–Kier alpha value is -0.850. The van der Waals surface area contributed by atoms with Crippen molar-refractivity contribution in [3.63, 3.8) is 0 Å². The van der Waals surface area contributed by atoms with Gasteiger partial charge in [-0.05, 0) is 53.6 Å². The highest BCUT2D eigenvalue weighted by molar-refractivity contribution is 14.1. The van der Waals surface area contributed by atoms with Crippen LogP contribution in [0.1, 0.15) is 19.3 Å². The summed E-state index contributed by atoms with van der Waals surface area (Å²) in [5, 5.41) is 3.40. The minimum absolute atomic E-state index is 0.166. The van der Waals surface area contributed by atoms with Crippen LogP contribution in [0.3, 0.4) is 0 Å². The van der Waals surface area contributed by atoms with E-state index in [0.29, 0.717) is 12.5 Å². The molecule has 18 heavy (non-hydrogen) atoms. The lowest BCUT2D eigenvalue weighted by molar-refractivity contribution is -0.127. The summed E-state index contributed by atoms with van der Waals surface area (Å²) in [6.07, 6.45) is 2.72. The molecular weight excluding hydrogens is 346 g/mol. The predicted octanol–water partition coefficient (Wildman–Crippen LogP) is 2.61. The monoisotopic (exact) mass is 360 g/mol. The van der Waals surface area contributed by atoms with Crippen LogP contribution in [-0.4, -0.2) is 29.4 Å². The zero-order chi connectivity index (χ0) is 12.7. The van der Waals surface area contributed by atoms with Crippen molar-refractivity contribution in [2.75, 3.05) is 11.9 Å². The lowest BCUT2D eigenvalue weighted by Crippen LogP contribution is -2.34. The van der Waals surface area contributed by atoms with Crippen molar-refractivity contribution in [2.45, 2.75) is 31.3 Å². The summed E-state index contributed by atoms with van der Waals surface area (Å²) in [7, 11) is 0. The van der Waals surface area contributed by atoms with Crippen molar-refractivity contribution in [1.29, 1.82) is 0 Å². The summed E-state index contributed by atoms with van der Waals surface area (Å²) in [4.78, 5) is 13.8. The molecule has 0 spiro atoms. The maximum absolute atomic E-state index is 13.0. The molecule has 96 valence electrons. The minimum Gasteiger partial charge on any atom is -0.379 e. The summed E-state index contributed by atoms with van der Waals surface area (Å²) < 4.78 is 13.9. The Morgan fingerprint density at radius 3 is 3.06 bits per heavy atom. The number of nitrogens with zero attached hydrogens (tertiary/aromatic N) is 1. The zero-order valence-electron chi connectivity index (χ0n) is 9.83. The molecule has 1 aromatic rings. The molecule has 2 fully saturated rings. The fourth-order valence-electron chi connectivity index (χ4n) is 2.92. The quantitative estimate of drug-likeness (QED) is 0.823. The topological polar surface area (TPSA) is 32.3 Å². The number of fused-ring (bicyclic) bond motifs is 1. The molecule has 2 aliphatic heterocycles. The van der Waals surface area contributed by atoms with E-state index in [4.69, 9.17) is 0 Å². The van der Waals surface area contributed by atoms with Crippen molar-refractivity contribution in [3.8, 4) is 0 Å². The lowest BCUT2D eigenvalue weighted by atomic mass is 10.1. The van der Waals surface area contributed by atoms with Gasteiger partial charge in [0.2, 0.25) is 5.91 Å². The van der Waals surface area contributed by atoms with Crippen LogP contribution in [0.4, 0.5) is 10.1 Å². The van der Waals surface area contributed by atoms with Crippen LogP contribution in [0.5, 0.6) is 0 Å². The highest BCUT2D eigenvalue weighted by Gasteiger charge is 2.42.